The number of rotatable bonds is 5. The van der Waals surface area contributed by atoms with Gasteiger partial charge in [0.05, 0.1) is 12.7 Å². The number of hydrogen-bond acceptors (Lipinski definition) is 4. The van der Waals surface area contributed by atoms with E-state index in [-0.39, 0.29) is 17.8 Å². The third-order valence-corrected chi connectivity index (χ3v) is 9.15. The van der Waals surface area contributed by atoms with E-state index in [1.165, 1.54) is 31.2 Å². The van der Waals surface area contributed by atoms with Crippen molar-refractivity contribution in [1.82, 2.24) is 0 Å². The number of ether oxygens (including phenoxy) is 1. The van der Waals surface area contributed by atoms with Gasteiger partial charge in [-0.15, -0.1) is 11.3 Å². The molecule has 0 aromatic carbocycles. The van der Waals surface area contributed by atoms with Crippen LogP contribution in [0.5, 0.6) is 0 Å². The lowest BCUT2D eigenvalue weighted by Gasteiger charge is -2.36. The lowest BCUT2D eigenvalue weighted by molar-refractivity contribution is -0.121. The number of carbonyl (C=O) groups is 2. The molecule has 0 unspecified atom stereocenters. The molecule has 0 spiro atoms. The summed E-state index contributed by atoms with van der Waals surface area (Å²) in [6.07, 6.45) is 8.82. The summed E-state index contributed by atoms with van der Waals surface area (Å²) in [5.41, 5.74) is 2.02. The van der Waals surface area contributed by atoms with Gasteiger partial charge in [0.1, 0.15) is 5.00 Å². The molecule has 0 radical (unpaired) electrons. The predicted octanol–water partition coefficient (Wildman–Crippen LogP) is 5.45. The monoisotopic (exact) mass is 403 g/mol. The first-order chi connectivity index (χ1) is 13.3. The number of fused-ring (bicyclic) bond motifs is 3. The van der Waals surface area contributed by atoms with Crippen LogP contribution in [0.25, 0.3) is 0 Å². The maximum atomic E-state index is 13.0. The second-order valence-corrected chi connectivity index (χ2v) is 10.9. The van der Waals surface area contributed by atoms with Crippen LogP contribution in [0.3, 0.4) is 0 Å². The third-order valence-electron chi connectivity index (χ3n) is 7.98. The van der Waals surface area contributed by atoms with Crippen molar-refractivity contribution in [3.8, 4) is 0 Å². The molecule has 4 rings (SSSR count). The Balaban J connectivity index is 1.59. The van der Waals surface area contributed by atoms with E-state index >= 15 is 0 Å². The molecule has 28 heavy (non-hydrogen) atoms. The molecule has 2 saturated carbocycles. The van der Waals surface area contributed by atoms with Crippen molar-refractivity contribution in [3.05, 3.63) is 16.0 Å². The molecule has 1 aromatic rings. The Morgan fingerprint density at radius 1 is 1.21 bits per heavy atom. The van der Waals surface area contributed by atoms with Crippen LogP contribution in [0.2, 0.25) is 0 Å². The van der Waals surface area contributed by atoms with Crippen molar-refractivity contribution in [2.45, 2.75) is 72.1 Å². The Labute approximate surface area is 172 Å². The highest BCUT2D eigenvalue weighted by Gasteiger charge is 2.43. The van der Waals surface area contributed by atoms with Crippen LogP contribution in [0, 0.1) is 29.1 Å². The van der Waals surface area contributed by atoms with Crippen LogP contribution >= 0.6 is 11.3 Å². The van der Waals surface area contributed by atoms with E-state index in [0.29, 0.717) is 22.8 Å². The predicted molar refractivity (Wildman–Crippen MR) is 113 cm³/mol. The zero-order valence-corrected chi connectivity index (χ0v) is 18.4. The Bertz CT molecular complexity index is 781. The van der Waals surface area contributed by atoms with Gasteiger partial charge in [-0.1, -0.05) is 33.6 Å². The van der Waals surface area contributed by atoms with Crippen molar-refractivity contribution in [2.24, 2.45) is 29.1 Å². The minimum atomic E-state index is -0.311. The maximum absolute atomic E-state index is 13.0. The lowest BCUT2D eigenvalue weighted by Crippen LogP contribution is -2.29. The fraction of sp³-hybridized carbons (Fsp3) is 0.739. The first-order valence-corrected chi connectivity index (χ1v) is 11.7. The smallest absolute Gasteiger partial charge is 0.341 e. The molecule has 2 bridgehead atoms. The Morgan fingerprint density at radius 2 is 2.00 bits per heavy atom. The number of thiophene rings is 1. The Morgan fingerprint density at radius 3 is 2.61 bits per heavy atom. The van der Waals surface area contributed by atoms with E-state index in [1.54, 1.807) is 11.3 Å². The van der Waals surface area contributed by atoms with Crippen molar-refractivity contribution in [1.29, 1.82) is 0 Å². The molecule has 5 heteroatoms. The molecule has 4 nitrogen and oxygen atoms in total. The second-order valence-electron chi connectivity index (χ2n) is 9.75. The summed E-state index contributed by atoms with van der Waals surface area (Å²) >= 11 is 1.61. The van der Waals surface area contributed by atoms with Gasteiger partial charge in [0.25, 0.3) is 0 Å². The van der Waals surface area contributed by atoms with Crippen molar-refractivity contribution in [3.63, 3.8) is 0 Å². The van der Waals surface area contributed by atoms with Crippen molar-refractivity contribution < 1.29 is 14.3 Å². The zero-order chi connectivity index (χ0) is 20.1. The van der Waals surface area contributed by atoms with Crippen LogP contribution in [-0.4, -0.2) is 19.0 Å². The molecule has 1 aromatic heterocycles. The summed E-state index contributed by atoms with van der Waals surface area (Å²) in [4.78, 5) is 26.8. The number of esters is 1. The Hall–Kier alpha value is -1.36. The van der Waals surface area contributed by atoms with Crippen molar-refractivity contribution >= 4 is 28.2 Å². The van der Waals surface area contributed by atoms with Crippen LogP contribution in [-0.2, 0) is 22.4 Å². The summed E-state index contributed by atoms with van der Waals surface area (Å²) < 4.78 is 5.09. The minimum absolute atomic E-state index is 0.112. The maximum Gasteiger partial charge on any atom is 0.341 e. The Kier molecular flexibility index (Phi) is 5.32. The van der Waals surface area contributed by atoms with Gasteiger partial charge >= 0.3 is 5.97 Å². The number of nitrogens with one attached hydrogen (secondary N) is 1. The molecule has 1 N–H and O–H groups in total. The first-order valence-electron chi connectivity index (χ1n) is 10.9. The number of carbonyl (C=O) groups excluding carboxylic acids is 2. The lowest BCUT2D eigenvalue weighted by atomic mass is 9.69. The molecule has 1 heterocycles. The van der Waals surface area contributed by atoms with E-state index in [4.69, 9.17) is 4.74 Å². The van der Waals surface area contributed by atoms with Gasteiger partial charge in [-0.3, -0.25) is 4.79 Å². The molecule has 2 fully saturated rings. The molecule has 0 saturated heterocycles. The van der Waals surface area contributed by atoms with Gasteiger partial charge in [0, 0.05) is 10.8 Å². The quantitative estimate of drug-likeness (QED) is 0.665. The van der Waals surface area contributed by atoms with E-state index in [0.717, 1.165) is 48.6 Å². The normalized spacial score (nSPS) is 28.9. The van der Waals surface area contributed by atoms with Crippen LogP contribution in [0.1, 0.15) is 80.1 Å². The van der Waals surface area contributed by atoms with E-state index in [2.05, 4.69) is 26.1 Å². The summed E-state index contributed by atoms with van der Waals surface area (Å²) in [5, 5.41) is 3.88. The molecule has 3 aliphatic rings. The molecule has 1 amide bonds. The van der Waals surface area contributed by atoms with Gasteiger partial charge in [-0.05, 0) is 67.3 Å². The molecule has 0 aliphatic heterocycles. The first kappa shape index (κ1) is 19.9. The van der Waals surface area contributed by atoms with Gasteiger partial charge in [-0.2, -0.15) is 0 Å². The highest BCUT2D eigenvalue weighted by atomic mass is 32.1. The fourth-order valence-corrected chi connectivity index (χ4v) is 7.04. The van der Waals surface area contributed by atoms with Crippen LogP contribution in [0.15, 0.2) is 0 Å². The molecule has 3 aliphatic carbocycles. The summed E-state index contributed by atoms with van der Waals surface area (Å²) in [5.74, 6) is 1.80. The topological polar surface area (TPSA) is 55.4 Å². The van der Waals surface area contributed by atoms with Gasteiger partial charge < -0.3 is 10.1 Å². The van der Waals surface area contributed by atoms with Crippen LogP contribution in [0.4, 0.5) is 5.00 Å². The standard InChI is InChI=1S/C23H33NO3S/c1-5-23(2,3)15-8-9-16-18(12-15)28-21(19(16)22(26)27-4)24-20(25)17-11-13-6-7-14(17)10-13/h13-15,17H,5-12H2,1-4H3,(H,24,25)/t13-,14-,15+,17+/m1/s1. The van der Waals surface area contributed by atoms with E-state index in [1.807, 2.05) is 0 Å². The molecule has 154 valence electrons. The number of hydrogen-bond donors (Lipinski definition) is 1. The average molecular weight is 404 g/mol. The molecular weight excluding hydrogens is 370 g/mol. The number of anilines is 1. The van der Waals surface area contributed by atoms with Crippen molar-refractivity contribution in [2.75, 3.05) is 12.4 Å². The largest absolute Gasteiger partial charge is 0.465 e. The summed E-state index contributed by atoms with van der Waals surface area (Å²) in [7, 11) is 1.43. The summed E-state index contributed by atoms with van der Waals surface area (Å²) in [6.45, 7) is 6.94. The number of methoxy groups -OCH3 is 1. The molecular formula is C23H33NO3S. The van der Waals surface area contributed by atoms with E-state index < -0.39 is 0 Å². The van der Waals surface area contributed by atoms with Gasteiger partial charge in [-0.25, -0.2) is 4.79 Å². The SMILES string of the molecule is CCC(C)(C)[C@H]1CCc2c(sc(NC(=O)[C@H]3C[C@@H]4CC[C@@H]3C4)c2C(=O)OC)C1. The number of amides is 1. The van der Waals surface area contributed by atoms with Gasteiger partial charge in [0.2, 0.25) is 5.91 Å². The minimum Gasteiger partial charge on any atom is -0.465 e. The van der Waals surface area contributed by atoms with Gasteiger partial charge in [0.15, 0.2) is 0 Å². The summed E-state index contributed by atoms with van der Waals surface area (Å²) in [6, 6.07) is 0. The highest BCUT2D eigenvalue weighted by molar-refractivity contribution is 7.17. The highest BCUT2D eigenvalue weighted by Crippen LogP contribution is 2.50. The third kappa shape index (κ3) is 3.40. The van der Waals surface area contributed by atoms with E-state index in [9.17, 15) is 9.59 Å². The second kappa shape index (κ2) is 7.47. The van der Waals surface area contributed by atoms with Crippen LogP contribution < -0.4 is 5.32 Å². The molecule has 4 atom stereocenters. The fourth-order valence-electron chi connectivity index (χ4n) is 5.72. The zero-order valence-electron chi connectivity index (χ0n) is 17.6. The average Bonchev–Trinajstić information content (AvgIpc) is 3.40.